The molecule has 25 heavy (non-hydrogen) atoms. The van der Waals surface area contributed by atoms with E-state index in [-0.39, 0.29) is 18.3 Å². The molecule has 5 heteroatoms. The second kappa shape index (κ2) is 10.1. The predicted molar refractivity (Wildman–Crippen MR) is 105 cm³/mol. The van der Waals surface area contributed by atoms with Crippen LogP contribution in [0.15, 0.2) is 24.3 Å². The molecule has 1 aromatic carbocycles. The summed E-state index contributed by atoms with van der Waals surface area (Å²) in [6, 6.07) is 8.73. The van der Waals surface area contributed by atoms with E-state index in [4.69, 9.17) is 0 Å². The first-order valence-corrected chi connectivity index (χ1v) is 9.50. The van der Waals surface area contributed by atoms with Crippen molar-refractivity contribution in [1.29, 1.82) is 0 Å². The van der Waals surface area contributed by atoms with Gasteiger partial charge in [0.05, 0.1) is 6.42 Å². The van der Waals surface area contributed by atoms with Gasteiger partial charge in [-0.3, -0.25) is 4.79 Å². The Morgan fingerprint density at radius 2 is 1.92 bits per heavy atom. The Labute approximate surface area is 158 Å². The van der Waals surface area contributed by atoms with Crippen molar-refractivity contribution in [2.75, 3.05) is 39.3 Å². The number of nitrogens with one attached hydrogen (secondary N) is 1. The maximum absolute atomic E-state index is 13.0. The summed E-state index contributed by atoms with van der Waals surface area (Å²) in [4.78, 5) is 17.6. The zero-order chi connectivity index (χ0) is 16.8. The fourth-order valence-electron chi connectivity index (χ4n) is 3.85. The lowest BCUT2D eigenvalue weighted by molar-refractivity contribution is -0.133. The fourth-order valence-corrected chi connectivity index (χ4v) is 3.85. The van der Waals surface area contributed by atoms with E-state index in [0.29, 0.717) is 12.5 Å². The zero-order valence-corrected chi connectivity index (χ0v) is 16.2. The number of piperidine rings is 1. The van der Waals surface area contributed by atoms with Crippen LogP contribution in [0, 0.1) is 6.92 Å². The molecule has 1 amide bonds. The van der Waals surface area contributed by atoms with E-state index in [1.807, 2.05) is 0 Å². The third-order valence-electron chi connectivity index (χ3n) is 5.36. The molecule has 3 rings (SSSR count). The van der Waals surface area contributed by atoms with E-state index in [1.54, 1.807) is 0 Å². The SMILES string of the molecule is Cc1ccc(CC(=O)N(CCN2CCCC2)C2CCCNC2)cc1.Cl. The van der Waals surface area contributed by atoms with Gasteiger partial charge in [-0.2, -0.15) is 0 Å². The first-order valence-electron chi connectivity index (χ1n) is 9.50. The number of hydrogen-bond donors (Lipinski definition) is 1. The number of nitrogens with zero attached hydrogens (tertiary/aromatic N) is 2. The summed E-state index contributed by atoms with van der Waals surface area (Å²) in [6.07, 6.45) is 5.44. The Morgan fingerprint density at radius 1 is 1.20 bits per heavy atom. The maximum Gasteiger partial charge on any atom is 0.227 e. The van der Waals surface area contributed by atoms with Crippen LogP contribution in [0.4, 0.5) is 0 Å². The minimum Gasteiger partial charge on any atom is -0.337 e. The Morgan fingerprint density at radius 3 is 2.56 bits per heavy atom. The number of carbonyl (C=O) groups is 1. The van der Waals surface area contributed by atoms with E-state index >= 15 is 0 Å². The molecule has 0 bridgehead atoms. The molecule has 0 spiro atoms. The van der Waals surface area contributed by atoms with Crippen molar-refractivity contribution in [2.45, 2.75) is 45.1 Å². The molecule has 0 radical (unpaired) electrons. The van der Waals surface area contributed by atoms with Gasteiger partial charge >= 0.3 is 0 Å². The normalized spacial score (nSPS) is 20.9. The van der Waals surface area contributed by atoms with E-state index in [9.17, 15) is 4.79 Å². The number of amides is 1. The molecule has 2 fully saturated rings. The van der Waals surface area contributed by atoms with E-state index in [1.165, 1.54) is 37.9 Å². The quantitative estimate of drug-likeness (QED) is 0.841. The van der Waals surface area contributed by atoms with Gasteiger partial charge in [-0.05, 0) is 57.8 Å². The first-order chi connectivity index (χ1) is 11.7. The third-order valence-corrected chi connectivity index (χ3v) is 5.36. The molecule has 0 saturated carbocycles. The van der Waals surface area contributed by atoms with Crippen LogP contribution in [-0.2, 0) is 11.2 Å². The molecule has 1 atom stereocenters. The van der Waals surface area contributed by atoms with Gasteiger partial charge in [0, 0.05) is 25.7 Å². The van der Waals surface area contributed by atoms with Gasteiger partial charge in [-0.15, -0.1) is 12.4 Å². The largest absolute Gasteiger partial charge is 0.337 e. The fraction of sp³-hybridized carbons (Fsp3) is 0.650. The molecule has 0 aliphatic carbocycles. The summed E-state index contributed by atoms with van der Waals surface area (Å²) in [5, 5.41) is 3.46. The van der Waals surface area contributed by atoms with Crippen molar-refractivity contribution in [2.24, 2.45) is 0 Å². The average molecular weight is 366 g/mol. The lowest BCUT2D eigenvalue weighted by atomic mass is 10.0. The molecule has 1 unspecified atom stereocenters. The van der Waals surface area contributed by atoms with E-state index < -0.39 is 0 Å². The minimum atomic E-state index is 0. The average Bonchev–Trinajstić information content (AvgIpc) is 3.12. The molecule has 0 aromatic heterocycles. The van der Waals surface area contributed by atoms with Crippen LogP contribution in [0.3, 0.4) is 0 Å². The summed E-state index contributed by atoms with van der Waals surface area (Å²) >= 11 is 0. The van der Waals surface area contributed by atoms with Crippen molar-refractivity contribution < 1.29 is 4.79 Å². The van der Waals surface area contributed by atoms with Crippen molar-refractivity contribution in [3.05, 3.63) is 35.4 Å². The second-order valence-corrected chi connectivity index (χ2v) is 7.30. The predicted octanol–water partition coefficient (Wildman–Crippen LogP) is 2.64. The van der Waals surface area contributed by atoms with Crippen molar-refractivity contribution in [3.63, 3.8) is 0 Å². The summed E-state index contributed by atoms with van der Waals surface area (Å²) in [5.41, 5.74) is 2.37. The highest BCUT2D eigenvalue weighted by Crippen LogP contribution is 2.15. The van der Waals surface area contributed by atoms with Gasteiger partial charge in [-0.25, -0.2) is 0 Å². The number of hydrogen-bond acceptors (Lipinski definition) is 3. The Hall–Kier alpha value is -1.10. The summed E-state index contributed by atoms with van der Waals surface area (Å²) < 4.78 is 0. The van der Waals surface area contributed by atoms with Gasteiger partial charge in [0.2, 0.25) is 5.91 Å². The van der Waals surface area contributed by atoms with Crippen LogP contribution >= 0.6 is 12.4 Å². The molecule has 1 aromatic rings. The number of aryl methyl sites for hydroxylation is 1. The highest BCUT2D eigenvalue weighted by molar-refractivity contribution is 5.85. The maximum atomic E-state index is 13.0. The molecule has 2 heterocycles. The highest BCUT2D eigenvalue weighted by Gasteiger charge is 2.26. The minimum absolute atomic E-state index is 0. The Kier molecular flexibility index (Phi) is 8.20. The number of likely N-dealkylation sites (tertiary alicyclic amines) is 1. The molecule has 140 valence electrons. The van der Waals surface area contributed by atoms with Crippen LogP contribution in [0.25, 0.3) is 0 Å². The number of halogens is 1. The third kappa shape index (κ3) is 5.98. The zero-order valence-electron chi connectivity index (χ0n) is 15.4. The standard InChI is InChI=1S/C20H31N3O.ClH/c1-17-6-8-18(9-7-17)15-20(24)23(19-5-4-10-21-16-19)14-13-22-11-2-3-12-22;/h6-9,19,21H,2-5,10-16H2,1H3;1H. The smallest absolute Gasteiger partial charge is 0.227 e. The summed E-state index contributed by atoms with van der Waals surface area (Å²) in [6.45, 7) is 8.41. The molecule has 2 saturated heterocycles. The Balaban J connectivity index is 0.00000225. The van der Waals surface area contributed by atoms with Crippen LogP contribution in [0.5, 0.6) is 0 Å². The molecular weight excluding hydrogens is 334 g/mol. The van der Waals surface area contributed by atoms with Crippen LogP contribution in [-0.4, -0.2) is 61.0 Å². The summed E-state index contributed by atoms with van der Waals surface area (Å²) in [5.74, 6) is 0.284. The van der Waals surface area contributed by atoms with Gasteiger partial charge in [0.25, 0.3) is 0 Å². The van der Waals surface area contributed by atoms with Crippen molar-refractivity contribution in [1.82, 2.24) is 15.1 Å². The van der Waals surface area contributed by atoms with Crippen LogP contribution < -0.4 is 5.32 Å². The topological polar surface area (TPSA) is 35.6 Å². The number of benzene rings is 1. The van der Waals surface area contributed by atoms with Gasteiger partial charge < -0.3 is 15.1 Å². The lowest BCUT2D eigenvalue weighted by Gasteiger charge is -2.36. The molecule has 4 nitrogen and oxygen atoms in total. The van der Waals surface area contributed by atoms with Gasteiger partial charge in [-0.1, -0.05) is 29.8 Å². The molecular formula is C20H32ClN3O. The van der Waals surface area contributed by atoms with E-state index in [2.05, 4.69) is 46.3 Å². The lowest BCUT2D eigenvalue weighted by Crippen LogP contribution is -2.51. The Bertz CT molecular complexity index is 522. The van der Waals surface area contributed by atoms with Crippen LogP contribution in [0.2, 0.25) is 0 Å². The highest BCUT2D eigenvalue weighted by atomic mass is 35.5. The number of rotatable bonds is 6. The van der Waals surface area contributed by atoms with Gasteiger partial charge in [0.1, 0.15) is 0 Å². The molecule has 2 aliphatic heterocycles. The first kappa shape index (κ1) is 20.2. The molecule has 2 aliphatic rings. The van der Waals surface area contributed by atoms with E-state index in [0.717, 1.165) is 38.2 Å². The van der Waals surface area contributed by atoms with Gasteiger partial charge in [0.15, 0.2) is 0 Å². The van der Waals surface area contributed by atoms with Crippen LogP contribution in [0.1, 0.15) is 36.8 Å². The second-order valence-electron chi connectivity index (χ2n) is 7.30. The van der Waals surface area contributed by atoms with Crippen molar-refractivity contribution >= 4 is 18.3 Å². The molecule has 1 N–H and O–H groups in total. The van der Waals surface area contributed by atoms with Crippen molar-refractivity contribution in [3.8, 4) is 0 Å². The number of carbonyl (C=O) groups excluding carboxylic acids is 1. The monoisotopic (exact) mass is 365 g/mol. The summed E-state index contributed by atoms with van der Waals surface area (Å²) in [7, 11) is 0.